The van der Waals surface area contributed by atoms with Crippen molar-refractivity contribution in [3.8, 4) is 5.75 Å². The van der Waals surface area contributed by atoms with Crippen LogP contribution in [0, 0.1) is 0 Å². The van der Waals surface area contributed by atoms with Crippen molar-refractivity contribution in [3.05, 3.63) is 65.2 Å². The van der Waals surface area contributed by atoms with Gasteiger partial charge < -0.3 is 9.47 Å². The molecule has 0 atom stereocenters. The van der Waals surface area contributed by atoms with Crippen molar-refractivity contribution in [2.75, 3.05) is 7.11 Å². The van der Waals surface area contributed by atoms with Gasteiger partial charge >= 0.3 is 0 Å². The predicted octanol–water partition coefficient (Wildman–Crippen LogP) is 4.31. The van der Waals surface area contributed by atoms with Gasteiger partial charge in [0.1, 0.15) is 5.75 Å². The summed E-state index contributed by atoms with van der Waals surface area (Å²) in [7, 11) is 1.67. The second-order valence-electron chi connectivity index (χ2n) is 4.29. The van der Waals surface area contributed by atoms with E-state index in [1.165, 1.54) is 11.1 Å². The standard InChI is InChI=1S/C16H17BrO2/c1-18-16-7-5-13(6-8-16)11-19-12-15-4-2-3-14(9-15)10-17/h2-9H,10-12H2,1H3. The molecule has 0 spiro atoms. The normalized spacial score (nSPS) is 10.4. The van der Waals surface area contributed by atoms with Gasteiger partial charge in [-0.3, -0.25) is 0 Å². The monoisotopic (exact) mass is 320 g/mol. The molecule has 0 saturated heterocycles. The molecule has 3 heteroatoms. The fourth-order valence-corrected chi connectivity index (χ4v) is 2.16. The van der Waals surface area contributed by atoms with E-state index in [9.17, 15) is 0 Å². The van der Waals surface area contributed by atoms with Crippen LogP contribution in [0.15, 0.2) is 48.5 Å². The number of hydrogen-bond acceptors (Lipinski definition) is 2. The Morgan fingerprint density at radius 1 is 0.895 bits per heavy atom. The first-order valence-corrected chi connectivity index (χ1v) is 7.28. The Labute approximate surface area is 122 Å². The van der Waals surface area contributed by atoms with E-state index in [2.05, 4.69) is 40.2 Å². The molecule has 2 rings (SSSR count). The topological polar surface area (TPSA) is 18.5 Å². The zero-order chi connectivity index (χ0) is 13.5. The third kappa shape index (κ3) is 4.37. The van der Waals surface area contributed by atoms with E-state index >= 15 is 0 Å². The molecular weight excluding hydrogens is 304 g/mol. The summed E-state index contributed by atoms with van der Waals surface area (Å²) in [5.41, 5.74) is 3.62. The summed E-state index contributed by atoms with van der Waals surface area (Å²) < 4.78 is 10.8. The van der Waals surface area contributed by atoms with Gasteiger partial charge in [0.15, 0.2) is 0 Å². The van der Waals surface area contributed by atoms with Crippen LogP contribution in [0.1, 0.15) is 16.7 Å². The van der Waals surface area contributed by atoms with Crippen molar-refractivity contribution >= 4 is 15.9 Å². The highest BCUT2D eigenvalue weighted by Gasteiger charge is 1.98. The molecule has 0 radical (unpaired) electrons. The molecule has 2 nitrogen and oxygen atoms in total. The van der Waals surface area contributed by atoms with E-state index in [0.29, 0.717) is 13.2 Å². The van der Waals surface area contributed by atoms with Gasteiger partial charge in [-0.05, 0) is 28.8 Å². The molecule has 0 bridgehead atoms. The maximum atomic E-state index is 5.72. The zero-order valence-corrected chi connectivity index (χ0v) is 12.5. The minimum absolute atomic E-state index is 0.614. The van der Waals surface area contributed by atoms with Gasteiger partial charge in [0.25, 0.3) is 0 Å². The summed E-state index contributed by atoms with van der Waals surface area (Å²) in [5, 5.41) is 0.874. The Morgan fingerprint density at radius 2 is 1.58 bits per heavy atom. The molecule has 19 heavy (non-hydrogen) atoms. The lowest BCUT2D eigenvalue weighted by atomic mass is 10.1. The lowest BCUT2D eigenvalue weighted by molar-refractivity contribution is 0.107. The zero-order valence-electron chi connectivity index (χ0n) is 10.9. The minimum Gasteiger partial charge on any atom is -0.497 e. The van der Waals surface area contributed by atoms with Gasteiger partial charge in [0, 0.05) is 5.33 Å². The lowest BCUT2D eigenvalue weighted by Gasteiger charge is -2.06. The quantitative estimate of drug-likeness (QED) is 0.738. The van der Waals surface area contributed by atoms with E-state index < -0.39 is 0 Å². The molecule has 2 aromatic rings. The minimum atomic E-state index is 0.614. The van der Waals surface area contributed by atoms with E-state index in [0.717, 1.165) is 16.6 Å². The van der Waals surface area contributed by atoms with Crippen LogP contribution in [-0.2, 0) is 23.3 Å². The second-order valence-corrected chi connectivity index (χ2v) is 4.86. The van der Waals surface area contributed by atoms with Crippen LogP contribution in [0.5, 0.6) is 5.75 Å². The Bertz CT molecular complexity index is 508. The summed E-state index contributed by atoms with van der Waals surface area (Å²) in [6.45, 7) is 1.25. The average Bonchev–Trinajstić information content (AvgIpc) is 2.48. The molecule has 0 saturated carbocycles. The van der Waals surface area contributed by atoms with Gasteiger partial charge in [-0.25, -0.2) is 0 Å². The van der Waals surface area contributed by atoms with Crippen LogP contribution < -0.4 is 4.74 Å². The Morgan fingerprint density at radius 3 is 2.26 bits per heavy atom. The average molecular weight is 321 g/mol. The lowest BCUT2D eigenvalue weighted by Crippen LogP contribution is -1.95. The van der Waals surface area contributed by atoms with E-state index in [1.807, 2.05) is 24.3 Å². The van der Waals surface area contributed by atoms with E-state index in [-0.39, 0.29) is 0 Å². The van der Waals surface area contributed by atoms with E-state index in [1.54, 1.807) is 7.11 Å². The first-order chi connectivity index (χ1) is 9.31. The molecule has 0 aromatic heterocycles. The van der Waals surface area contributed by atoms with Crippen LogP contribution in [0.4, 0.5) is 0 Å². The number of halogens is 1. The van der Waals surface area contributed by atoms with Crippen LogP contribution in [-0.4, -0.2) is 7.11 Å². The highest BCUT2D eigenvalue weighted by atomic mass is 79.9. The molecule has 100 valence electrons. The Balaban J connectivity index is 1.85. The summed E-state index contributed by atoms with van der Waals surface area (Å²) in [6.07, 6.45) is 0. The van der Waals surface area contributed by atoms with Gasteiger partial charge in [0.2, 0.25) is 0 Å². The van der Waals surface area contributed by atoms with Gasteiger partial charge in [-0.1, -0.05) is 52.3 Å². The van der Waals surface area contributed by atoms with Crippen LogP contribution >= 0.6 is 15.9 Å². The van der Waals surface area contributed by atoms with Crippen molar-refractivity contribution < 1.29 is 9.47 Å². The summed E-state index contributed by atoms with van der Waals surface area (Å²) in [4.78, 5) is 0. The van der Waals surface area contributed by atoms with Crippen LogP contribution in [0.3, 0.4) is 0 Å². The molecular formula is C16H17BrO2. The van der Waals surface area contributed by atoms with Crippen molar-refractivity contribution in [1.82, 2.24) is 0 Å². The first kappa shape index (κ1) is 14.1. The molecule has 0 N–H and O–H groups in total. The van der Waals surface area contributed by atoms with Gasteiger partial charge in [0.05, 0.1) is 20.3 Å². The number of methoxy groups -OCH3 is 1. The SMILES string of the molecule is COc1ccc(COCc2cccc(CBr)c2)cc1. The third-order valence-electron chi connectivity index (χ3n) is 2.84. The van der Waals surface area contributed by atoms with Crippen molar-refractivity contribution in [1.29, 1.82) is 0 Å². The molecule has 0 amide bonds. The number of rotatable bonds is 6. The van der Waals surface area contributed by atoms with Crippen molar-refractivity contribution in [3.63, 3.8) is 0 Å². The molecule has 0 aliphatic carbocycles. The highest BCUT2D eigenvalue weighted by molar-refractivity contribution is 9.08. The molecule has 0 unspecified atom stereocenters. The molecule has 0 aliphatic rings. The summed E-state index contributed by atoms with van der Waals surface area (Å²) in [6, 6.07) is 16.3. The van der Waals surface area contributed by atoms with Crippen LogP contribution in [0.2, 0.25) is 0 Å². The molecule has 2 aromatic carbocycles. The number of alkyl halides is 1. The highest BCUT2D eigenvalue weighted by Crippen LogP contribution is 2.14. The van der Waals surface area contributed by atoms with Crippen LogP contribution in [0.25, 0.3) is 0 Å². The third-order valence-corrected chi connectivity index (χ3v) is 3.49. The van der Waals surface area contributed by atoms with Crippen molar-refractivity contribution in [2.24, 2.45) is 0 Å². The second kappa shape index (κ2) is 7.31. The summed E-state index contributed by atoms with van der Waals surface area (Å²) in [5.74, 6) is 0.869. The summed E-state index contributed by atoms with van der Waals surface area (Å²) >= 11 is 3.46. The number of ether oxygens (including phenoxy) is 2. The molecule has 0 fully saturated rings. The molecule has 0 aliphatic heterocycles. The number of benzene rings is 2. The fourth-order valence-electron chi connectivity index (χ4n) is 1.81. The largest absolute Gasteiger partial charge is 0.497 e. The smallest absolute Gasteiger partial charge is 0.118 e. The Hall–Kier alpha value is -1.32. The number of hydrogen-bond donors (Lipinski definition) is 0. The predicted molar refractivity (Wildman–Crippen MR) is 80.6 cm³/mol. The molecule has 0 heterocycles. The first-order valence-electron chi connectivity index (χ1n) is 6.16. The fraction of sp³-hybridized carbons (Fsp3) is 0.250. The van der Waals surface area contributed by atoms with Gasteiger partial charge in [-0.2, -0.15) is 0 Å². The van der Waals surface area contributed by atoms with Gasteiger partial charge in [-0.15, -0.1) is 0 Å². The van der Waals surface area contributed by atoms with Crippen molar-refractivity contribution in [2.45, 2.75) is 18.5 Å². The maximum Gasteiger partial charge on any atom is 0.118 e. The maximum absolute atomic E-state index is 5.72. The Kier molecular flexibility index (Phi) is 5.43. The van der Waals surface area contributed by atoms with E-state index in [4.69, 9.17) is 9.47 Å².